The maximum absolute atomic E-state index is 12.0. The number of amides is 2. The average Bonchev–Trinajstić information content (AvgIpc) is 3.00. The SMILES string of the molecule is O=C(CN1CCCC1=O)Nc1ccc(OCc2ccccc2)cc1. The second-order valence-corrected chi connectivity index (χ2v) is 5.77. The summed E-state index contributed by atoms with van der Waals surface area (Å²) in [5, 5.41) is 2.80. The van der Waals surface area contributed by atoms with Crippen molar-refractivity contribution >= 4 is 17.5 Å². The van der Waals surface area contributed by atoms with E-state index in [1.807, 2.05) is 42.5 Å². The van der Waals surface area contributed by atoms with Crippen LogP contribution < -0.4 is 10.1 Å². The van der Waals surface area contributed by atoms with Crippen LogP contribution in [0.5, 0.6) is 5.75 Å². The first-order valence-corrected chi connectivity index (χ1v) is 8.05. The Labute approximate surface area is 141 Å². The summed E-state index contributed by atoms with van der Waals surface area (Å²) in [7, 11) is 0. The average molecular weight is 324 g/mol. The predicted octanol–water partition coefficient (Wildman–Crippen LogP) is 2.83. The Kier molecular flexibility index (Phi) is 5.11. The van der Waals surface area contributed by atoms with Gasteiger partial charge in [-0.25, -0.2) is 0 Å². The van der Waals surface area contributed by atoms with Gasteiger partial charge in [0.1, 0.15) is 12.4 Å². The molecule has 0 saturated carbocycles. The van der Waals surface area contributed by atoms with Crippen molar-refractivity contribution in [3.8, 4) is 5.75 Å². The fourth-order valence-electron chi connectivity index (χ4n) is 2.62. The van der Waals surface area contributed by atoms with Crippen LogP contribution in [0.2, 0.25) is 0 Å². The summed E-state index contributed by atoms with van der Waals surface area (Å²) >= 11 is 0. The topological polar surface area (TPSA) is 58.6 Å². The first-order valence-electron chi connectivity index (χ1n) is 8.05. The van der Waals surface area contributed by atoms with Gasteiger partial charge in [0.15, 0.2) is 0 Å². The normalized spacial score (nSPS) is 13.8. The standard InChI is InChI=1S/C19H20N2O3/c22-18(13-21-12-4-7-19(21)23)20-16-8-10-17(11-9-16)24-14-15-5-2-1-3-6-15/h1-3,5-6,8-11H,4,7,12-14H2,(H,20,22). The molecule has 2 amide bonds. The Balaban J connectivity index is 1.49. The van der Waals surface area contributed by atoms with Gasteiger partial charge in [0.2, 0.25) is 11.8 Å². The van der Waals surface area contributed by atoms with Gasteiger partial charge in [-0.15, -0.1) is 0 Å². The summed E-state index contributed by atoms with van der Waals surface area (Å²) in [5.41, 5.74) is 1.80. The van der Waals surface area contributed by atoms with E-state index in [9.17, 15) is 9.59 Å². The molecule has 0 atom stereocenters. The Morgan fingerprint density at radius 3 is 2.50 bits per heavy atom. The molecule has 1 saturated heterocycles. The Hall–Kier alpha value is -2.82. The van der Waals surface area contributed by atoms with Crippen LogP contribution in [0.15, 0.2) is 54.6 Å². The number of hydrogen-bond donors (Lipinski definition) is 1. The van der Waals surface area contributed by atoms with Gasteiger partial charge in [-0.1, -0.05) is 30.3 Å². The van der Waals surface area contributed by atoms with E-state index in [0.29, 0.717) is 25.3 Å². The molecular weight excluding hydrogens is 304 g/mol. The smallest absolute Gasteiger partial charge is 0.243 e. The molecule has 1 N–H and O–H groups in total. The highest BCUT2D eigenvalue weighted by Gasteiger charge is 2.22. The maximum Gasteiger partial charge on any atom is 0.243 e. The lowest BCUT2D eigenvalue weighted by molar-refractivity contribution is -0.131. The van der Waals surface area contributed by atoms with Gasteiger partial charge in [0.25, 0.3) is 0 Å². The number of ether oxygens (including phenoxy) is 1. The monoisotopic (exact) mass is 324 g/mol. The number of carbonyl (C=O) groups is 2. The van der Waals surface area contributed by atoms with E-state index in [2.05, 4.69) is 5.32 Å². The first-order chi connectivity index (χ1) is 11.7. The molecule has 3 rings (SSSR count). The molecule has 5 heteroatoms. The lowest BCUT2D eigenvalue weighted by atomic mass is 10.2. The number of nitrogens with zero attached hydrogens (tertiary/aromatic N) is 1. The van der Waals surface area contributed by atoms with E-state index in [1.165, 1.54) is 0 Å². The number of hydrogen-bond acceptors (Lipinski definition) is 3. The van der Waals surface area contributed by atoms with Crippen LogP contribution in [0.3, 0.4) is 0 Å². The quantitative estimate of drug-likeness (QED) is 0.889. The van der Waals surface area contributed by atoms with Crippen LogP contribution in [0, 0.1) is 0 Å². The van der Waals surface area contributed by atoms with Gasteiger partial charge in [-0.05, 0) is 36.2 Å². The summed E-state index contributed by atoms with van der Waals surface area (Å²) in [6.45, 7) is 1.28. The van der Waals surface area contributed by atoms with Gasteiger partial charge in [-0.2, -0.15) is 0 Å². The zero-order valence-electron chi connectivity index (χ0n) is 13.4. The Bertz CT molecular complexity index is 698. The summed E-state index contributed by atoms with van der Waals surface area (Å²) in [4.78, 5) is 25.1. The Morgan fingerprint density at radius 2 is 1.83 bits per heavy atom. The molecule has 0 spiro atoms. The fourth-order valence-corrected chi connectivity index (χ4v) is 2.62. The van der Waals surface area contributed by atoms with E-state index in [4.69, 9.17) is 4.74 Å². The molecule has 24 heavy (non-hydrogen) atoms. The van der Waals surface area contributed by atoms with Crippen LogP contribution in [0.4, 0.5) is 5.69 Å². The summed E-state index contributed by atoms with van der Waals surface area (Å²) in [6.07, 6.45) is 1.38. The largest absolute Gasteiger partial charge is 0.489 e. The van der Waals surface area contributed by atoms with Crippen LogP contribution in [0.1, 0.15) is 18.4 Å². The van der Waals surface area contributed by atoms with Crippen molar-refractivity contribution in [3.05, 3.63) is 60.2 Å². The number of carbonyl (C=O) groups excluding carboxylic acids is 2. The second-order valence-electron chi connectivity index (χ2n) is 5.77. The van der Waals surface area contributed by atoms with Crippen LogP contribution in [-0.2, 0) is 16.2 Å². The molecule has 2 aromatic carbocycles. The minimum atomic E-state index is -0.178. The molecular formula is C19H20N2O3. The number of benzene rings is 2. The minimum Gasteiger partial charge on any atom is -0.489 e. The maximum atomic E-state index is 12.0. The third kappa shape index (κ3) is 4.35. The van der Waals surface area contributed by atoms with Crippen molar-refractivity contribution < 1.29 is 14.3 Å². The molecule has 0 unspecified atom stereocenters. The van der Waals surface area contributed by atoms with Crippen molar-refractivity contribution in [1.29, 1.82) is 0 Å². The van der Waals surface area contributed by atoms with E-state index < -0.39 is 0 Å². The van der Waals surface area contributed by atoms with Crippen molar-refractivity contribution in [2.75, 3.05) is 18.4 Å². The number of anilines is 1. The van der Waals surface area contributed by atoms with E-state index in [-0.39, 0.29) is 18.4 Å². The summed E-state index contributed by atoms with van der Waals surface area (Å²) < 4.78 is 5.71. The zero-order valence-corrected chi connectivity index (χ0v) is 13.4. The Morgan fingerprint density at radius 1 is 1.08 bits per heavy atom. The van der Waals surface area contributed by atoms with E-state index in [1.54, 1.807) is 17.0 Å². The second kappa shape index (κ2) is 7.64. The van der Waals surface area contributed by atoms with Crippen LogP contribution in [0.25, 0.3) is 0 Å². The molecule has 0 aliphatic carbocycles. The third-order valence-electron chi connectivity index (χ3n) is 3.89. The molecule has 1 aliphatic heterocycles. The summed E-state index contributed by atoms with van der Waals surface area (Å²) in [6, 6.07) is 17.2. The van der Waals surface area contributed by atoms with Crippen molar-refractivity contribution in [2.24, 2.45) is 0 Å². The molecule has 0 aromatic heterocycles. The minimum absolute atomic E-state index is 0.0507. The molecule has 1 aliphatic rings. The molecule has 2 aromatic rings. The van der Waals surface area contributed by atoms with Crippen molar-refractivity contribution in [2.45, 2.75) is 19.4 Å². The van der Waals surface area contributed by atoms with Gasteiger partial charge in [0, 0.05) is 18.7 Å². The number of rotatable bonds is 6. The number of nitrogens with one attached hydrogen (secondary N) is 1. The van der Waals surface area contributed by atoms with Crippen molar-refractivity contribution in [1.82, 2.24) is 4.90 Å². The highest BCUT2D eigenvalue weighted by atomic mass is 16.5. The molecule has 5 nitrogen and oxygen atoms in total. The van der Waals surface area contributed by atoms with Gasteiger partial charge >= 0.3 is 0 Å². The zero-order chi connectivity index (χ0) is 16.8. The lowest BCUT2D eigenvalue weighted by Gasteiger charge is -2.15. The van der Waals surface area contributed by atoms with Crippen LogP contribution in [-0.4, -0.2) is 29.8 Å². The molecule has 0 radical (unpaired) electrons. The van der Waals surface area contributed by atoms with E-state index in [0.717, 1.165) is 17.7 Å². The molecule has 1 fully saturated rings. The summed E-state index contributed by atoms with van der Waals surface area (Å²) in [5.74, 6) is 0.615. The third-order valence-corrected chi connectivity index (χ3v) is 3.89. The predicted molar refractivity (Wildman–Crippen MR) is 91.7 cm³/mol. The lowest BCUT2D eigenvalue weighted by Crippen LogP contribution is -2.33. The highest BCUT2D eigenvalue weighted by Crippen LogP contribution is 2.17. The van der Waals surface area contributed by atoms with Crippen molar-refractivity contribution in [3.63, 3.8) is 0 Å². The van der Waals surface area contributed by atoms with E-state index >= 15 is 0 Å². The fraction of sp³-hybridized carbons (Fsp3) is 0.263. The van der Waals surface area contributed by atoms with Crippen LogP contribution >= 0.6 is 0 Å². The highest BCUT2D eigenvalue weighted by molar-refractivity contribution is 5.94. The molecule has 1 heterocycles. The molecule has 124 valence electrons. The van der Waals surface area contributed by atoms with Gasteiger partial charge in [0.05, 0.1) is 6.54 Å². The van der Waals surface area contributed by atoms with Gasteiger partial charge < -0.3 is 15.0 Å². The van der Waals surface area contributed by atoms with Gasteiger partial charge in [-0.3, -0.25) is 9.59 Å². The molecule has 0 bridgehead atoms. The number of likely N-dealkylation sites (tertiary alicyclic amines) is 1. The first kappa shape index (κ1) is 16.1.